The first-order valence-electron chi connectivity index (χ1n) is 9.68. The summed E-state index contributed by atoms with van der Waals surface area (Å²) >= 11 is 0. The summed E-state index contributed by atoms with van der Waals surface area (Å²) in [6, 6.07) is 19.5. The van der Waals surface area contributed by atoms with Crippen LogP contribution in [0.5, 0.6) is 11.5 Å². The van der Waals surface area contributed by atoms with Gasteiger partial charge < -0.3 is 14.2 Å². The molecule has 7 nitrogen and oxygen atoms in total. The first-order valence-corrected chi connectivity index (χ1v) is 9.68. The number of ether oxygens (including phenoxy) is 3. The minimum atomic E-state index is 0.326. The van der Waals surface area contributed by atoms with Crippen LogP contribution >= 0.6 is 0 Å². The molecule has 3 aromatic rings. The third-order valence-corrected chi connectivity index (χ3v) is 4.45. The largest absolute Gasteiger partial charge is 0.493 e. The first kappa shape index (κ1) is 21.8. The number of aryl methyl sites for hydroxylation is 1. The van der Waals surface area contributed by atoms with Crippen molar-refractivity contribution in [1.29, 1.82) is 5.26 Å². The van der Waals surface area contributed by atoms with Crippen molar-refractivity contribution in [3.8, 4) is 17.6 Å². The molecule has 3 rings (SSSR count). The first-order chi connectivity index (χ1) is 15.1. The van der Waals surface area contributed by atoms with E-state index in [2.05, 4.69) is 21.6 Å². The number of nitrogens with one attached hydrogen (secondary N) is 1. The lowest BCUT2D eigenvalue weighted by Crippen LogP contribution is -2.03. The lowest BCUT2D eigenvalue weighted by molar-refractivity contribution is 0.184. The molecule has 158 valence electrons. The lowest BCUT2D eigenvalue weighted by atomic mass is 10.1. The lowest BCUT2D eigenvalue weighted by Gasteiger charge is -2.11. The molecule has 0 radical (unpaired) electrons. The summed E-state index contributed by atoms with van der Waals surface area (Å²) in [5.41, 5.74) is 6.68. The fourth-order valence-corrected chi connectivity index (χ4v) is 3.00. The Morgan fingerprint density at radius 2 is 1.87 bits per heavy atom. The smallest absolute Gasteiger partial charge is 0.164 e. The Hall–Kier alpha value is -3.89. The fourth-order valence-electron chi connectivity index (χ4n) is 3.00. The number of anilines is 1. The molecule has 0 spiro atoms. The molecule has 0 saturated carbocycles. The van der Waals surface area contributed by atoms with Crippen molar-refractivity contribution < 1.29 is 14.2 Å². The molecule has 0 amide bonds. The Balaban J connectivity index is 1.72. The van der Waals surface area contributed by atoms with Gasteiger partial charge in [0.1, 0.15) is 18.2 Å². The second kappa shape index (κ2) is 10.8. The van der Waals surface area contributed by atoms with Gasteiger partial charge >= 0.3 is 0 Å². The number of nitriles is 1. The van der Waals surface area contributed by atoms with Crippen molar-refractivity contribution in [3.63, 3.8) is 0 Å². The van der Waals surface area contributed by atoms with Crippen molar-refractivity contribution in [2.24, 2.45) is 5.10 Å². The molecule has 0 aliphatic heterocycles. The van der Waals surface area contributed by atoms with Gasteiger partial charge in [-0.15, -0.1) is 0 Å². The Bertz CT molecular complexity index is 1090. The molecular weight excluding hydrogens is 392 g/mol. The SMILES string of the molecule is COCc1cc(C)nc(N/N=C/c2ccc(OCc3ccccc3)c(OC)c2)c1C#N. The number of rotatable bonds is 9. The molecule has 0 atom stereocenters. The van der Waals surface area contributed by atoms with Gasteiger partial charge in [0.05, 0.1) is 19.9 Å². The summed E-state index contributed by atoms with van der Waals surface area (Å²) in [5, 5.41) is 13.7. The highest BCUT2D eigenvalue weighted by atomic mass is 16.5. The van der Waals surface area contributed by atoms with Gasteiger partial charge in [-0.25, -0.2) is 4.98 Å². The number of benzene rings is 2. The van der Waals surface area contributed by atoms with Crippen LogP contribution in [0.15, 0.2) is 59.7 Å². The molecule has 1 aromatic heterocycles. The van der Waals surface area contributed by atoms with E-state index >= 15 is 0 Å². The van der Waals surface area contributed by atoms with E-state index in [9.17, 15) is 5.26 Å². The summed E-state index contributed by atoms with van der Waals surface area (Å²) < 4.78 is 16.5. The third-order valence-electron chi connectivity index (χ3n) is 4.45. The summed E-state index contributed by atoms with van der Waals surface area (Å²) in [6.45, 7) is 2.63. The van der Waals surface area contributed by atoms with Crippen molar-refractivity contribution in [2.45, 2.75) is 20.1 Å². The van der Waals surface area contributed by atoms with Gasteiger partial charge in [0.2, 0.25) is 0 Å². The predicted octanol–water partition coefficient (Wildman–Crippen LogP) is 4.44. The Morgan fingerprint density at radius 3 is 2.58 bits per heavy atom. The van der Waals surface area contributed by atoms with E-state index < -0.39 is 0 Å². The number of methoxy groups -OCH3 is 2. The number of hydrogen-bond donors (Lipinski definition) is 1. The molecule has 31 heavy (non-hydrogen) atoms. The highest BCUT2D eigenvalue weighted by Crippen LogP contribution is 2.28. The highest BCUT2D eigenvalue weighted by Gasteiger charge is 2.11. The zero-order valence-electron chi connectivity index (χ0n) is 17.8. The number of aromatic nitrogens is 1. The minimum absolute atomic E-state index is 0.326. The average Bonchev–Trinajstić information content (AvgIpc) is 2.79. The van der Waals surface area contributed by atoms with Crippen molar-refractivity contribution in [1.82, 2.24) is 4.98 Å². The van der Waals surface area contributed by atoms with Gasteiger partial charge in [0.25, 0.3) is 0 Å². The summed E-state index contributed by atoms with van der Waals surface area (Å²) in [7, 11) is 3.18. The minimum Gasteiger partial charge on any atom is -0.493 e. The van der Waals surface area contributed by atoms with Gasteiger partial charge in [-0.2, -0.15) is 10.4 Å². The summed E-state index contributed by atoms with van der Waals surface area (Å²) in [5.74, 6) is 1.64. The van der Waals surface area contributed by atoms with Crippen LogP contribution < -0.4 is 14.9 Å². The number of pyridine rings is 1. The maximum atomic E-state index is 9.50. The maximum Gasteiger partial charge on any atom is 0.164 e. The average molecular weight is 416 g/mol. The summed E-state index contributed by atoms with van der Waals surface area (Å²) in [6.07, 6.45) is 1.63. The monoisotopic (exact) mass is 416 g/mol. The number of nitrogens with zero attached hydrogens (tertiary/aromatic N) is 3. The van der Waals surface area contributed by atoms with Crippen molar-refractivity contribution in [2.75, 3.05) is 19.6 Å². The van der Waals surface area contributed by atoms with Crippen LogP contribution in [0.2, 0.25) is 0 Å². The van der Waals surface area contributed by atoms with Gasteiger partial charge in [0, 0.05) is 18.4 Å². The molecule has 1 N–H and O–H groups in total. The topological polar surface area (TPSA) is 88.8 Å². The van der Waals surface area contributed by atoms with Crippen LogP contribution in [0.4, 0.5) is 5.82 Å². The van der Waals surface area contributed by atoms with E-state index in [4.69, 9.17) is 14.2 Å². The number of hydrazone groups is 1. The van der Waals surface area contributed by atoms with Crippen LogP contribution in [0.3, 0.4) is 0 Å². The molecule has 7 heteroatoms. The maximum absolute atomic E-state index is 9.50. The highest BCUT2D eigenvalue weighted by molar-refractivity contribution is 5.81. The van der Waals surface area contributed by atoms with Gasteiger partial charge in [-0.1, -0.05) is 30.3 Å². The van der Waals surface area contributed by atoms with Crippen LogP contribution in [-0.4, -0.2) is 25.4 Å². The van der Waals surface area contributed by atoms with Gasteiger partial charge in [-0.3, -0.25) is 5.43 Å². The Labute approximate surface area is 181 Å². The van der Waals surface area contributed by atoms with Crippen LogP contribution in [0.1, 0.15) is 27.9 Å². The molecule has 0 unspecified atom stereocenters. The van der Waals surface area contributed by atoms with E-state index in [0.29, 0.717) is 36.1 Å². The molecule has 0 aliphatic carbocycles. The molecule has 0 saturated heterocycles. The van der Waals surface area contributed by atoms with E-state index in [-0.39, 0.29) is 0 Å². The molecular formula is C24H24N4O3. The normalized spacial score (nSPS) is 10.6. The van der Waals surface area contributed by atoms with Crippen molar-refractivity contribution in [3.05, 3.63) is 82.5 Å². The van der Waals surface area contributed by atoms with E-state index in [1.807, 2.05) is 61.5 Å². The van der Waals surface area contributed by atoms with E-state index in [1.165, 1.54) is 0 Å². The third kappa shape index (κ3) is 5.81. The zero-order chi connectivity index (χ0) is 22.1. The van der Waals surface area contributed by atoms with Gasteiger partial charge in [0.15, 0.2) is 17.3 Å². The van der Waals surface area contributed by atoms with Crippen LogP contribution in [0.25, 0.3) is 0 Å². The molecule has 0 bridgehead atoms. The predicted molar refractivity (Wildman–Crippen MR) is 119 cm³/mol. The second-order valence-electron chi connectivity index (χ2n) is 6.75. The van der Waals surface area contributed by atoms with Gasteiger partial charge in [-0.05, 0) is 42.3 Å². The molecule has 1 heterocycles. The quantitative estimate of drug-likeness (QED) is 0.410. The zero-order valence-corrected chi connectivity index (χ0v) is 17.8. The second-order valence-corrected chi connectivity index (χ2v) is 6.75. The molecule has 0 aliphatic rings. The molecule has 0 fully saturated rings. The van der Waals surface area contributed by atoms with Crippen LogP contribution in [0, 0.1) is 18.3 Å². The van der Waals surface area contributed by atoms with Crippen molar-refractivity contribution >= 4 is 12.0 Å². The number of hydrogen-bond acceptors (Lipinski definition) is 7. The summed E-state index contributed by atoms with van der Waals surface area (Å²) in [4.78, 5) is 4.37. The van der Waals surface area contributed by atoms with E-state index in [1.54, 1.807) is 20.4 Å². The molecule has 2 aromatic carbocycles. The standard InChI is InChI=1S/C24H24N4O3/c1-17-11-20(16-29-2)21(13-25)24(27-17)28-26-14-19-9-10-22(23(12-19)30-3)31-15-18-7-5-4-6-8-18/h4-12,14H,15-16H2,1-3H3,(H,27,28)/b26-14+. The fraction of sp³-hybridized carbons (Fsp3) is 0.208. The van der Waals surface area contributed by atoms with E-state index in [0.717, 1.165) is 22.4 Å². The Kier molecular flexibility index (Phi) is 7.57. The Morgan fingerprint density at radius 1 is 1.06 bits per heavy atom. The van der Waals surface area contributed by atoms with Crippen LogP contribution in [-0.2, 0) is 18.0 Å².